The van der Waals surface area contributed by atoms with Gasteiger partial charge < -0.3 is 4.74 Å². The Kier molecular flexibility index (Phi) is 7.01. The van der Waals surface area contributed by atoms with Crippen LogP contribution in [0.15, 0.2) is 55.2 Å². The summed E-state index contributed by atoms with van der Waals surface area (Å²) >= 11 is 8.43. The van der Waals surface area contributed by atoms with Crippen LogP contribution in [-0.4, -0.2) is 29.6 Å². The molecule has 1 aliphatic rings. The number of aliphatic imine (C=N–C) groups is 1. The Morgan fingerprint density at radius 3 is 2.46 bits per heavy atom. The predicted octanol–water partition coefficient (Wildman–Crippen LogP) is 6.41. The van der Waals surface area contributed by atoms with Crippen LogP contribution in [0.3, 0.4) is 0 Å². The molecule has 1 saturated heterocycles. The van der Waals surface area contributed by atoms with Crippen LogP contribution in [0.4, 0.5) is 5.69 Å². The molecule has 1 amide bonds. The minimum atomic E-state index is -0.0247. The number of carbonyl (C=O) groups is 1. The van der Waals surface area contributed by atoms with Gasteiger partial charge in [0, 0.05) is 6.54 Å². The zero-order valence-electron chi connectivity index (χ0n) is 15.8. The maximum absolute atomic E-state index is 12.9. The van der Waals surface area contributed by atoms with E-state index in [1.54, 1.807) is 12.0 Å². The average molecular weight is 524 g/mol. The number of likely N-dealkylation sites (N-methyl/N-ethyl adjacent to an activating group) is 1. The molecule has 0 saturated carbocycles. The zero-order valence-corrected chi connectivity index (χ0v) is 19.8. The number of ether oxygens (including phenoxy) is 1. The molecule has 2 aromatic carbocycles. The topological polar surface area (TPSA) is 41.9 Å². The molecule has 0 atom stereocenters. The van der Waals surface area contributed by atoms with Crippen LogP contribution in [-0.2, 0) is 11.2 Å². The van der Waals surface area contributed by atoms with Crippen molar-refractivity contribution in [1.82, 2.24) is 4.90 Å². The SMILES string of the molecule is CCc1ccccc1N=C1S/C(=C/c2cc(Br)c(OC)c(Br)c2)C(=O)N1CC. The molecule has 7 heteroatoms. The molecule has 0 aromatic heterocycles. The highest BCUT2D eigenvalue weighted by molar-refractivity contribution is 9.11. The second-order valence-electron chi connectivity index (χ2n) is 6.05. The minimum absolute atomic E-state index is 0.0247. The van der Waals surface area contributed by atoms with Gasteiger partial charge in [0.25, 0.3) is 5.91 Å². The lowest BCUT2D eigenvalue weighted by Gasteiger charge is -2.13. The van der Waals surface area contributed by atoms with E-state index in [1.165, 1.54) is 17.3 Å². The predicted molar refractivity (Wildman–Crippen MR) is 124 cm³/mol. The van der Waals surface area contributed by atoms with Gasteiger partial charge in [0.05, 0.1) is 26.6 Å². The smallest absolute Gasteiger partial charge is 0.266 e. The molecule has 0 N–H and O–H groups in total. The van der Waals surface area contributed by atoms with Gasteiger partial charge >= 0.3 is 0 Å². The number of amidine groups is 1. The summed E-state index contributed by atoms with van der Waals surface area (Å²) in [5, 5.41) is 0.714. The summed E-state index contributed by atoms with van der Waals surface area (Å²) in [6, 6.07) is 11.9. The average Bonchev–Trinajstić information content (AvgIpc) is 2.96. The Bertz CT molecular complexity index is 950. The van der Waals surface area contributed by atoms with Crippen molar-refractivity contribution in [2.24, 2.45) is 4.99 Å². The molecule has 28 heavy (non-hydrogen) atoms. The summed E-state index contributed by atoms with van der Waals surface area (Å²) < 4.78 is 7.00. The van der Waals surface area contributed by atoms with E-state index in [1.807, 2.05) is 43.3 Å². The molecular weight excluding hydrogens is 504 g/mol. The number of halogens is 2. The van der Waals surface area contributed by atoms with Gasteiger partial charge in [0.1, 0.15) is 5.75 Å². The molecule has 146 valence electrons. The molecule has 2 aromatic rings. The second-order valence-corrected chi connectivity index (χ2v) is 8.77. The molecule has 1 heterocycles. The Balaban J connectivity index is 1.98. The fourth-order valence-electron chi connectivity index (χ4n) is 2.90. The second kappa shape index (κ2) is 9.29. The first-order chi connectivity index (χ1) is 13.5. The Morgan fingerprint density at radius 1 is 1.18 bits per heavy atom. The molecule has 0 radical (unpaired) electrons. The van der Waals surface area contributed by atoms with E-state index < -0.39 is 0 Å². The summed E-state index contributed by atoms with van der Waals surface area (Å²) in [6.07, 6.45) is 2.78. The number of benzene rings is 2. The molecule has 3 rings (SSSR count). The van der Waals surface area contributed by atoms with E-state index in [0.717, 1.165) is 32.4 Å². The first-order valence-electron chi connectivity index (χ1n) is 8.89. The maximum atomic E-state index is 12.9. The first kappa shape index (κ1) is 21.1. The number of thioether (sulfide) groups is 1. The summed E-state index contributed by atoms with van der Waals surface area (Å²) in [4.78, 5) is 20.1. The molecule has 1 aliphatic heterocycles. The van der Waals surface area contributed by atoms with Gasteiger partial charge in [-0.2, -0.15) is 0 Å². The quantitative estimate of drug-likeness (QED) is 0.425. The van der Waals surface area contributed by atoms with Gasteiger partial charge in [-0.15, -0.1) is 0 Å². The largest absolute Gasteiger partial charge is 0.494 e. The third kappa shape index (κ3) is 4.36. The van der Waals surface area contributed by atoms with Crippen molar-refractivity contribution in [1.29, 1.82) is 0 Å². The molecule has 0 unspecified atom stereocenters. The number of hydrogen-bond donors (Lipinski definition) is 0. The van der Waals surface area contributed by atoms with Crippen LogP contribution in [0.2, 0.25) is 0 Å². The number of carbonyl (C=O) groups excluding carboxylic acids is 1. The van der Waals surface area contributed by atoms with E-state index in [-0.39, 0.29) is 5.91 Å². The van der Waals surface area contributed by atoms with Crippen LogP contribution in [0.25, 0.3) is 6.08 Å². The summed E-state index contributed by atoms with van der Waals surface area (Å²) in [6.45, 7) is 4.64. The zero-order chi connectivity index (χ0) is 20.3. The lowest BCUT2D eigenvalue weighted by molar-refractivity contribution is -0.122. The van der Waals surface area contributed by atoms with E-state index in [2.05, 4.69) is 44.8 Å². The Hall–Kier alpha value is -1.57. The van der Waals surface area contributed by atoms with Crippen molar-refractivity contribution in [3.8, 4) is 5.75 Å². The highest BCUT2D eigenvalue weighted by atomic mass is 79.9. The van der Waals surface area contributed by atoms with Crippen molar-refractivity contribution in [3.63, 3.8) is 0 Å². The first-order valence-corrected chi connectivity index (χ1v) is 11.3. The molecule has 0 aliphatic carbocycles. The highest BCUT2D eigenvalue weighted by Crippen LogP contribution is 2.38. The van der Waals surface area contributed by atoms with Gasteiger partial charge in [-0.1, -0.05) is 25.1 Å². The number of methoxy groups -OCH3 is 1. The van der Waals surface area contributed by atoms with Crippen LogP contribution < -0.4 is 4.74 Å². The molecule has 1 fully saturated rings. The third-order valence-corrected chi connectivity index (χ3v) is 6.50. The molecular formula is C21H20Br2N2O2S. The Morgan fingerprint density at radius 2 is 1.86 bits per heavy atom. The monoisotopic (exact) mass is 522 g/mol. The van der Waals surface area contributed by atoms with Crippen LogP contribution in [0, 0.1) is 0 Å². The number of rotatable bonds is 5. The lowest BCUT2D eigenvalue weighted by Crippen LogP contribution is -2.28. The lowest BCUT2D eigenvalue weighted by atomic mass is 10.1. The summed E-state index contributed by atoms with van der Waals surface area (Å²) in [5.41, 5.74) is 2.98. The van der Waals surface area contributed by atoms with Gasteiger partial charge in [-0.3, -0.25) is 9.69 Å². The van der Waals surface area contributed by atoms with Crippen molar-refractivity contribution in [3.05, 3.63) is 61.4 Å². The van der Waals surface area contributed by atoms with Gasteiger partial charge in [0.15, 0.2) is 5.17 Å². The van der Waals surface area contributed by atoms with Crippen LogP contribution >= 0.6 is 43.6 Å². The summed E-state index contributed by atoms with van der Waals surface area (Å²) in [5.74, 6) is 0.699. The van der Waals surface area contributed by atoms with Crippen LogP contribution in [0.1, 0.15) is 25.0 Å². The molecule has 4 nitrogen and oxygen atoms in total. The Labute approximate surface area is 186 Å². The fraction of sp³-hybridized carbons (Fsp3) is 0.238. The van der Waals surface area contributed by atoms with Crippen LogP contribution in [0.5, 0.6) is 5.75 Å². The van der Waals surface area contributed by atoms with E-state index >= 15 is 0 Å². The van der Waals surface area contributed by atoms with Gasteiger partial charge in [0.2, 0.25) is 0 Å². The number of amides is 1. The number of nitrogens with zero attached hydrogens (tertiary/aromatic N) is 2. The van der Waals surface area contributed by atoms with E-state index in [4.69, 9.17) is 9.73 Å². The van der Waals surface area contributed by atoms with E-state index in [9.17, 15) is 4.79 Å². The van der Waals surface area contributed by atoms with Crippen molar-refractivity contribution >= 4 is 66.5 Å². The standard InChI is InChI=1S/C21H20Br2N2O2S/c1-4-14-8-6-7-9-17(14)24-21-25(5-2)20(26)18(28-21)12-13-10-15(22)19(27-3)16(23)11-13/h6-12H,4-5H2,1-3H3/b18-12+,24-21?. The van der Waals surface area contributed by atoms with E-state index in [0.29, 0.717) is 16.6 Å². The number of para-hydroxylation sites is 1. The maximum Gasteiger partial charge on any atom is 0.266 e. The molecule has 0 spiro atoms. The minimum Gasteiger partial charge on any atom is -0.494 e. The van der Waals surface area contributed by atoms with Gasteiger partial charge in [-0.25, -0.2) is 4.99 Å². The number of aryl methyl sites for hydroxylation is 1. The summed E-state index contributed by atoms with van der Waals surface area (Å²) in [7, 11) is 1.62. The molecule has 0 bridgehead atoms. The van der Waals surface area contributed by atoms with Crippen molar-refractivity contribution in [2.75, 3.05) is 13.7 Å². The normalized spacial score (nSPS) is 17.0. The highest BCUT2D eigenvalue weighted by Gasteiger charge is 2.32. The van der Waals surface area contributed by atoms with Crippen molar-refractivity contribution < 1.29 is 9.53 Å². The van der Waals surface area contributed by atoms with Crippen molar-refractivity contribution in [2.45, 2.75) is 20.3 Å². The number of hydrogen-bond acceptors (Lipinski definition) is 4. The van der Waals surface area contributed by atoms with Gasteiger partial charge in [-0.05, 0) is 92.4 Å². The fourth-order valence-corrected chi connectivity index (χ4v) is 5.50. The third-order valence-electron chi connectivity index (χ3n) is 4.32.